The molecule has 0 unspecified atom stereocenters. The van der Waals surface area contributed by atoms with Gasteiger partial charge in [-0.2, -0.15) is 0 Å². The summed E-state index contributed by atoms with van der Waals surface area (Å²) in [4.78, 5) is 40.7. The first kappa shape index (κ1) is 22.1. The predicted molar refractivity (Wildman–Crippen MR) is 121 cm³/mol. The van der Waals surface area contributed by atoms with Gasteiger partial charge in [-0.3, -0.25) is 14.6 Å². The highest BCUT2D eigenvalue weighted by molar-refractivity contribution is 7.19. The second-order valence-corrected chi connectivity index (χ2v) is 9.60. The number of amides is 2. The van der Waals surface area contributed by atoms with Crippen LogP contribution in [0.3, 0.4) is 0 Å². The molecule has 0 bridgehead atoms. The zero-order valence-electron chi connectivity index (χ0n) is 18.3. The zero-order valence-corrected chi connectivity index (χ0v) is 19.2. The number of carbonyl (C=O) groups excluding carboxylic acids is 2. The Kier molecular flexibility index (Phi) is 6.05. The molecule has 0 aliphatic carbocycles. The number of thiophene rings is 1. The van der Waals surface area contributed by atoms with Gasteiger partial charge in [0.2, 0.25) is 11.9 Å². The first-order chi connectivity index (χ1) is 15.2. The molecule has 0 saturated carbocycles. The van der Waals surface area contributed by atoms with Gasteiger partial charge in [0.05, 0.1) is 28.5 Å². The van der Waals surface area contributed by atoms with Crippen molar-refractivity contribution in [3.8, 4) is 0 Å². The fraction of sp³-hybridized carbons (Fsp3) is 0.409. The minimum atomic E-state index is -0.422. The van der Waals surface area contributed by atoms with Gasteiger partial charge < -0.3 is 15.5 Å². The Labute approximate surface area is 189 Å². The van der Waals surface area contributed by atoms with E-state index in [1.807, 2.05) is 33.8 Å². The quantitative estimate of drug-likeness (QED) is 0.590. The maximum Gasteiger partial charge on any atom is 0.274 e. The molecule has 10 heteroatoms. The average Bonchev–Trinajstić information content (AvgIpc) is 3.09. The summed E-state index contributed by atoms with van der Waals surface area (Å²) >= 11 is 1.47. The molecule has 0 aromatic carbocycles. The van der Waals surface area contributed by atoms with E-state index in [1.54, 1.807) is 11.1 Å². The molecule has 4 rings (SSSR count). The molecular weight excluding hydrogens is 431 g/mol. The molecule has 1 fully saturated rings. The average molecular weight is 457 g/mol. The van der Waals surface area contributed by atoms with Crippen molar-refractivity contribution in [1.29, 1.82) is 0 Å². The van der Waals surface area contributed by atoms with Crippen LogP contribution in [0.25, 0.3) is 10.2 Å². The lowest BCUT2D eigenvalue weighted by Gasteiger charge is -2.39. The zero-order chi connectivity index (χ0) is 23.0. The van der Waals surface area contributed by atoms with Crippen LogP contribution in [0.2, 0.25) is 0 Å². The lowest BCUT2D eigenvalue weighted by molar-refractivity contribution is -0.125. The molecule has 3 aromatic rings. The van der Waals surface area contributed by atoms with Crippen LogP contribution < -0.4 is 10.6 Å². The van der Waals surface area contributed by atoms with Gasteiger partial charge in [-0.05, 0) is 31.5 Å². The highest BCUT2D eigenvalue weighted by Crippen LogP contribution is 2.30. The number of anilines is 1. The number of rotatable bonds is 6. The van der Waals surface area contributed by atoms with E-state index in [1.165, 1.54) is 17.4 Å². The van der Waals surface area contributed by atoms with E-state index >= 15 is 0 Å². The number of halogens is 1. The van der Waals surface area contributed by atoms with E-state index in [-0.39, 0.29) is 29.8 Å². The second kappa shape index (κ2) is 8.78. The molecule has 4 heterocycles. The van der Waals surface area contributed by atoms with Crippen LogP contribution in [-0.2, 0) is 4.79 Å². The van der Waals surface area contributed by atoms with Crippen LogP contribution >= 0.6 is 11.3 Å². The molecule has 8 nitrogen and oxygen atoms in total. The number of pyridine rings is 1. The van der Waals surface area contributed by atoms with Gasteiger partial charge in [-0.25, -0.2) is 14.4 Å². The number of carbonyl (C=O) groups is 2. The van der Waals surface area contributed by atoms with E-state index in [0.717, 1.165) is 15.8 Å². The molecular formula is C22H25FN6O2S. The first-order valence-electron chi connectivity index (χ1n) is 10.5. The molecule has 0 spiro atoms. The van der Waals surface area contributed by atoms with Crippen molar-refractivity contribution < 1.29 is 14.0 Å². The van der Waals surface area contributed by atoms with Crippen LogP contribution in [0.1, 0.15) is 47.7 Å². The van der Waals surface area contributed by atoms with E-state index < -0.39 is 5.82 Å². The Morgan fingerprint density at radius 2 is 1.94 bits per heavy atom. The number of aryl methyl sites for hydroxylation is 1. The van der Waals surface area contributed by atoms with Gasteiger partial charge in [0, 0.05) is 30.1 Å². The fourth-order valence-electron chi connectivity index (χ4n) is 3.45. The van der Waals surface area contributed by atoms with Gasteiger partial charge in [0.15, 0.2) is 5.69 Å². The molecule has 1 saturated heterocycles. The van der Waals surface area contributed by atoms with E-state index in [9.17, 15) is 14.0 Å². The van der Waals surface area contributed by atoms with Crippen LogP contribution in [-0.4, -0.2) is 50.8 Å². The van der Waals surface area contributed by atoms with E-state index in [4.69, 9.17) is 0 Å². The maximum atomic E-state index is 13.5. The highest BCUT2D eigenvalue weighted by atomic mass is 32.1. The Hall–Kier alpha value is -3.14. The summed E-state index contributed by atoms with van der Waals surface area (Å²) in [7, 11) is 0. The molecule has 1 aliphatic rings. The number of nitrogens with one attached hydrogen (secondary N) is 2. The highest BCUT2D eigenvalue weighted by Gasteiger charge is 2.34. The van der Waals surface area contributed by atoms with Crippen LogP contribution in [0, 0.1) is 18.7 Å². The summed E-state index contributed by atoms with van der Waals surface area (Å²) in [5, 5.41) is 6.09. The number of aromatic nitrogens is 3. The van der Waals surface area contributed by atoms with Crippen molar-refractivity contribution in [2.24, 2.45) is 5.92 Å². The summed E-state index contributed by atoms with van der Waals surface area (Å²) < 4.78 is 14.3. The Morgan fingerprint density at radius 1 is 1.19 bits per heavy atom. The van der Waals surface area contributed by atoms with Gasteiger partial charge >= 0.3 is 0 Å². The normalized spacial score (nSPS) is 15.0. The van der Waals surface area contributed by atoms with Crippen molar-refractivity contribution in [1.82, 2.24) is 25.2 Å². The van der Waals surface area contributed by atoms with E-state index in [0.29, 0.717) is 35.8 Å². The van der Waals surface area contributed by atoms with Gasteiger partial charge in [-0.15, -0.1) is 11.3 Å². The minimum Gasteiger partial charge on any atom is -0.350 e. The van der Waals surface area contributed by atoms with Crippen molar-refractivity contribution >= 4 is 39.3 Å². The summed E-state index contributed by atoms with van der Waals surface area (Å²) in [6.45, 7) is 8.37. The lowest BCUT2D eigenvalue weighted by Crippen LogP contribution is -2.61. The lowest BCUT2D eigenvalue weighted by atomic mass is 10.1. The van der Waals surface area contributed by atoms with Crippen LogP contribution in [0.5, 0.6) is 0 Å². The number of hydrogen-bond acceptors (Lipinski definition) is 7. The molecule has 0 radical (unpaired) electrons. The van der Waals surface area contributed by atoms with Crippen molar-refractivity contribution in [3.63, 3.8) is 0 Å². The SMILES string of the molecule is Cc1cc2nc(N[C@@H](C)c3cncc(F)c3)nc(C(=O)N3CC(NC(=O)C(C)C)C3)c2s1. The third-order valence-corrected chi connectivity index (χ3v) is 6.35. The Morgan fingerprint density at radius 3 is 2.62 bits per heavy atom. The molecule has 1 aliphatic heterocycles. The van der Waals surface area contributed by atoms with Crippen molar-refractivity contribution in [2.75, 3.05) is 18.4 Å². The van der Waals surface area contributed by atoms with Gasteiger partial charge in [0.25, 0.3) is 5.91 Å². The van der Waals surface area contributed by atoms with Crippen LogP contribution in [0.15, 0.2) is 24.5 Å². The predicted octanol–water partition coefficient (Wildman–Crippen LogP) is 3.30. The van der Waals surface area contributed by atoms with Crippen LogP contribution in [0.4, 0.5) is 10.3 Å². The van der Waals surface area contributed by atoms with Crippen molar-refractivity contribution in [3.05, 3.63) is 46.5 Å². The smallest absolute Gasteiger partial charge is 0.274 e. The second-order valence-electron chi connectivity index (χ2n) is 8.34. The summed E-state index contributed by atoms with van der Waals surface area (Å²) in [5.41, 5.74) is 1.66. The number of fused-ring (bicyclic) bond motifs is 1. The summed E-state index contributed by atoms with van der Waals surface area (Å²) in [6, 6.07) is 2.96. The molecule has 32 heavy (non-hydrogen) atoms. The molecule has 168 valence electrons. The van der Waals surface area contributed by atoms with Gasteiger partial charge in [0.1, 0.15) is 5.82 Å². The minimum absolute atomic E-state index is 0.0206. The summed E-state index contributed by atoms with van der Waals surface area (Å²) in [5.74, 6) is -0.446. The monoisotopic (exact) mass is 456 g/mol. The topological polar surface area (TPSA) is 100 Å². The Balaban J connectivity index is 1.55. The number of hydrogen-bond donors (Lipinski definition) is 2. The van der Waals surface area contributed by atoms with E-state index in [2.05, 4.69) is 25.6 Å². The molecule has 2 amide bonds. The molecule has 1 atom stereocenters. The standard InChI is InChI=1S/C22H25FN6O2S/c1-11(2)20(30)26-16-9-29(10-16)21(31)18-19-17(5-12(3)32-19)27-22(28-18)25-13(4)14-6-15(23)8-24-7-14/h5-8,11,13,16H,9-10H2,1-4H3,(H,26,30)(H,25,27,28)/t13-/m0/s1. The largest absolute Gasteiger partial charge is 0.350 e. The fourth-order valence-corrected chi connectivity index (χ4v) is 4.39. The molecule has 3 aromatic heterocycles. The third kappa shape index (κ3) is 4.55. The third-order valence-electron chi connectivity index (χ3n) is 5.31. The Bertz CT molecular complexity index is 1170. The first-order valence-corrected chi connectivity index (χ1v) is 11.3. The summed E-state index contributed by atoms with van der Waals surface area (Å²) in [6.07, 6.45) is 2.72. The number of likely N-dealkylation sites (tertiary alicyclic amines) is 1. The number of nitrogens with zero attached hydrogens (tertiary/aromatic N) is 4. The molecule has 2 N–H and O–H groups in total. The van der Waals surface area contributed by atoms with Gasteiger partial charge in [-0.1, -0.05) is 13.8 Å². The van der Waals surface area contributed by atoms with Crippen molar-refractivity contribution in [2.45, 2.75) is 39.8 Å². The maximum absolute atomic E-state index is 13.5.